The molecule has 1 rings (SSSR count). The largest absolute Gasteiger partial charge is 0.493 e. The topological polar surface area (TPSA) is 46.5 Å². The zero-order valence-electron chi connectivity index (χ0n) is 9.26. The molecule has 0 amide bonds. The van der Waals surface area contributed by atoms with E-state index in [1.807, 2.05) is 20.8 Å². The Hall–Kier alpha value is -0.830. The second-order valence-corrected chi connectivity index (χ2v) is 4.22. The van der Waals surface area contributed by atoms with Gasteiger partial charge in [-0.25, -0.2) is 0 Å². The van der Waals surface area contributed by atoms with Gasteiger partial charge in [0.05, 0.1) is 7.11 Å². The number of Topliss-reactive ketones (excluding diaryl/α,β-unsaturated/α-hetero) is 1. The quantitative estimate of drug-likeness (QED) is 0.734. The number of aliphatic hydroxyl groups is 1. The third kappa shape index (κ3) is 1.57. The molecule has 1 aliphatic rings. The first-order chi connectivity index (χ1) is 6.43. The van der Waals surface area contributed by atoms with Gasteiger partial charge in [0, 0.05) is 0 Å². The molecule has 14 heavy (non-hydrogen) atoms. The van der Waals surface area contributed by atoms with Gasteiger partial charge in [-0.05, 0) is 31.3 Å². The lowest BCUT2D eigenvalue weighted by Crippen LogP contribution is -2.47. The SMILES string of the molecule is COC1=C(C)CC[C@](O)(C(C)C)C1=O. The normalized spacial score (nSPS) is 28.6. The minimum atomic E-state index is -1.23. The average molecular weight is 198 g/mol. The molecule has 3 heteroatoms. The van der Waals surface area contributed by atoms with Gasteiger partial charge in [-0.15, -0.1) is 0 Å². The van der Waals surface area contributed by atoms with E-state index in [0.717, 1.165) is 12.0 Å². The molecule has 0 saturated heterocycles. The van der Waals surface area contributed by atoms with Crippen molar-refractivity contribution in [2.75, 3.05) is 7.11 Å². The van der Waals surface area contributed by atoms with E-state index in [1.165, 1.54) is 7.11 Å². The van der Waals surface area contributed by atoms with Crippen LogP contribution in [0.25, 0.3) is 0 Å². The second-order valence-electron chi connectivity index (χ2n) is 4.22. The number of hydrogen-bond donors (Lipinski definition) is 1. The van der Waals surface area contributed by atoms with Gasteiger partial charge in [0.1, 0.15) is 5.60 Å². The Bertz CT molecular complexity index is 278. The van der Waals surface area contributed by atoms with Crippen molar-refractivity contribution < 1.29 is 14.6 Å². The molecule has 0 aromatic heterocycles. The van der Waals surface area contributed by atoms with E-state index in [0.29, 0.717) is 12.2 Å². The molecule has 3 nitrogen and oxygen atoms in total. The smallest absolute Gasteiger partial charge is 0.228 e. The molecule has 1 N–H and O–H groups in total. The fourth-order valence-corrected chi connectivity index (χ4v) is 1.81. The lowest BCUT2D eigenvalue weighted by atomic mass is 9.76. The van der Waals surface area contributed by atoms with Crippen LogP contribution in [0.4, 0.5) is 0 Å². The Labute approximate surface area is 84.8 Å². The minimum Gasteiger partial charge on any atom is -0.493 e. The third-order valence-electron chi connectivity index (χ3n) is 3.03. The maximum atomic E-state index is 11.9. The molecule has 80 valence electrons. The number of allylic oxidation sites excluding steroid dienone is 1. The molecule has 0 bridgehead atoms. The number of rotatable bonds is 2. The average Bonchev–Trinajstić information content (AvgIpc) is 2.13. The maximum Gasteiger partial charge on any atom is 0.228 e. The first kappa shape index (κ1) is 11.2. The van der Waals surface area contributed by atoms with E-state index >= 15 is 0 Å². The Morgan fingerprint density at radius 3 is 2.50 bits per heavy atom. The first-order valence-electron chi connectivity index (χ1n) is 4.94. The van der Waals surface area contributed by atoms with Crippen LogP contribution in [-0.4, -0.2) is 23.6 Å². The lowest BCUT2D eigenvalue weighted by molar-refractivity contribution is -0.143. The van der Waals surface area contributed by atoms with Crippen LogP contribution in [0.3, 0.4) is 0 Å². The molecule has 0 saturated carbocycles. The van der Waals surface area contributed by atoms with E-state index in [9.17, 15) is 9.90 Å². The summed E-state index contributed by atoms with van der Waals surface area (Å²) < 4.78 is 5.03. The van der Waals surface area contributed by atoms with E-state index < -0.39 is 5.60 Å². The van der Waals surface area contributed by atoms with Gasteiger partial charge >= 0.3 is 0 Å². The first-order valence-corrected chi connectivity index (χ1v) is 4.94. The molecular weight excluding hydrogens is 180 g/mol. The standard InChI is InChI=1S/C11H18O3/c1-7(2)11(13)6-5-8(3)9(14-4)10(11)12/h7,13H,5-6H2,1-4H3/t11-/m0/s1. The fraction of sp³-hybridized carbons (Fsp3) is 0.727. The molecule has 1 aliphatic carbocycles. The van der Waals surface area contributed by atoms with Crippen LogP contribution in [0.15, 0.2) is 11.3 Å². The van der Waals surface area contributed by atoms with Crippen LogP contribution in [-0.2, 0) is 9.53 Å². The van der Waals surface area contributed by atoms with Crippen molar-refractivity contribution in [1.82, 2.24) is 0 Å². The van der Waals surface area contributed by atoms with Crippen LogP contribution in [0.1, 0.15) is 33.6 Å². The highest BCUT2D eigenvalue weighted by Gasteiger charge is 2.44. The summed E-state index contributed by atoms with van der Waals surface area (Å²) in [6, 6.07) is 0. The summed E-state index contributed by atoms with van der Waals surface area (Å²) in [4.78, 5) is 11.9. The number of hydrogen-bond acceptors (Lipinski definition) is 3. The highest BCUT2D eigenvalue weighted by atomic mass is 16.5. The second kappa shape index (κ2) is 3.73. The number of methoxy groups -OCH3 is 1. The van der Waals surface area contributed by atoms with E-state index in [2.05, 4.69) is 0 Å². The van der Waals surface area contributed by atoms with Crippen molar-refractivity contribution >= 4 is 5.78 Å². The monoisotopic (exact) mass is 198 g/mol. The number of ketones is 1. The number of carbonyl (C=O) groups is 1. The molecular formula is C11H18O3. The van der Waals surface area contributed by atoms with Gasteiger partial charge in [0.2, 0.25) is 5.78 Å². The molecule has 0 aromatic carbocycles. The van der Waals surface area contributed by atoms with Gasteiger partial charge in [-0.1, -0.05) is 13.8 Å². The lowest BCUT2D eigenvalue weighted by Gasteiger charge is -2.34. The van der Waals surface area contributed by atoms with Gasteiger partial charge in [0.15, 0.2) is 5.76 Å². The number of ether oxygens (including phenoxy) is 1. The summed E-state index contributed by atoms with van der Waals surface area (Å²) in [5.74, 6) is -0.000509. The third-order valence-corrected chi connectivity index (χ3v) is 3.03. The summed E-state index contributed by atoms with van der Waals surface area (Å²) in [5, 5.41) is 10.2. The number of carbonyl (C=O) groups excluding carboxylic acids is 1. The van der Waals surface area contributed by atoms with Gasteiger partial charge in [-0.3, -0.25) is 4.79 Å². The Kier molecular flexibility index (Phi) is 3.00. The highest BCUT2D eigenvalue weighted by Crippen LogP contribution is 2.34. The Morgan fingerprint density at radius 2 is 2.07 bits per heavy atom. The van der Waals surface area contributed by atoms with Gasteiger partial charge in [0.25, 0.3) is 0 Å². The summed E-state index contributed by atoms with van der Waals surface area (Å²) in [5.41, 5.74) is -0.298. The molecule has 0 radical (unpaired) electrons. The molecule has 0 aromatic rings. The van der Waals surface area contributed by atoms with Crippen LogP contribution in [0.5, 0.6) is 0 Å². The zero-order valence-corrected chi connectivity index (χ0v) is 9.26. The fourth-order valence-electron chi connectivity index (χ4n) is 1.81. The predicted molar refractivity (Wildman–Crippen MR) is 53.7 cm³/mol. The molecule has 1 atom stereocenters. The van der Waals surface area contributed by atoms with Crippen LogP contribution >= 0.6 is 0 Å². The molecule has 0 heterocycles. The summed E-state index contributed by atoms with van der Waals surface area (Å²) in [6.45, 7) is 5.58. The molecule has 0 fully saturated rings. The summed E-state index contributed by atoms with van der Waals surface area (Å²) in [7, 11) is 1.48. The Balaban J connectivity index is 3.06. The zero-order chi connectivity index (χ0) is 10.9. The highest BCUT2D eigenvalue weighted by molar-refractivity contribution is 6.01. The van der Waals surface area contributed by atoms with Crippen molar-refractivity contribution in [2.24, 2.45) is 5.92 Å². The molecule has 0 unspecified atom stereocenters. The van der Waals surface area contributed by atoms with Crippen LogP contribution < -0.4 is 0 Å². The minimum absolute atomic E-state index is 0.0757. The van der Waals surface area contributed by atoms with Crippen LogP contribution in [0, 0.1) is 5.92 Å². The van der Waals surface area contributed by atoms with E-state index in [1.54, 1.807) is 0 Å². The van der Waals surface area contributed by atoms with E-state index in [-0.39, 0.29) is 11.7 Å². The molecule has 0 spiro atoms. The van der Waals surface area contributed by atoms with Gasteiger partial charge in [-0.2, -0.15) is 0 Å². The van der Waals surface area contributed by atoms with Crippen molar-refractivity contribution in [2.45, 2.75) is 39.2 Å². The van der Waals surface area contributed by atoms with E-state index in [4.69, 9.17) is 4.74 Å². The predicted octanol–water partition coefficient (Wildman–Crippen LogP) is 1.66. The summed E-state index contributed by atoms with van der Waals surface area (Å²) in [6.07, 6.45) is 1.23. The maximum absolute atomic E-state index is 11.9. The van der Waals surface area contributed by atoms with Gasteiger partial charge < -0.3 is 9.84 Å². The van der Waals surface area contributed by atoms with Crippen LogP contribution in [0.2, 0.25) is 0 Å². The van der Waals surface area contributed by atoms with Crippen molar-refractivity contribution in [3.8, 4) is 0 Å². The Morgan fingerprint density at radius 1 is 1.50 bits per heavy atom. The molecule has 0 aliphatic heterocycles. The summed E-state index contributed by atoms with van der Waals surface area (Å²) >= 11 is 0. The van der Waals surface area contributed by atoms with Crippen molar-refractivity contribution in [1.29, 1.82) is 0 Å². The van der Waals surface area contributed by atoms with Crippen molar-refractivity contribution in [3.05, 3.63) is 11.3 Å². The van der Waals surface area contributed by atoms with Crippen molar-refractivity contribution in [3.63, 3.8) is 0 Å².